The van der Waals surface area contributed by atoms with E-state index < -0.39 is 0 Å². The van der Waals surface area contributed by atoms with E-state index in [4.69, 9.17) is 5.84 Å². The smallest absolute Gasteiger partial charge is 0.191 e. The van der Waals surface area contributed by atoms with Crippen LogP contribution in [0.1, 0.15) is 6.92 Å². The number of aromatic nitrogens is 2. The fraction of sp³-hybridized carbons (Fsp3) is 0.231. The Kier molecular flexibility index (Phi) is 4.59. The van der Waals surface area contributed by atoms with Crippen molar-refractivity contribution in [1.82, 2.24) is 9.97 Å². The predicted molar refractivity (Wildman–Crippen MR) is 80.7 cm³/mol. The number of benzene rings is 1. The number of anilines is 3. The van der Waals surface area contributed by atoms with Crippen LogP contribution in [0.5, 0.6) is 0 Å². The Balaban J connectivity index is 2.43. The molecule has 0 fully saturated rings. The number of thioether (sulfide) groups is 1. The molecule has 2 aromatic rings. The summed E-state index contributed by atoms with van der Waals surface area (Å²) in [6.07, 6.45) is 1.94. The number of nitrogens with two attached hydrogens (primary N) is 1. The molecule has 2 rings (SSSR count). The molecule has 1 aromatic carbocycles. The van der Waals surface area contributed by atoms with Gasteiger partial charge in [-0.05, 0) is 25.3 Å². The second-order valence-electron chi connectivity index (χ2n) is 3.82. The highest BCUT2D eigenvalue weighted by Gasteiger charge is 2.11. The minimum Gasteiger partial charge on any atom is -0.326 e. The van der Waals surface area contributed by atoms with E-state index in [-0.39, 0.29) is 0 Å². The van der Waals surface area contributed by atoms with Gasteiger partial charge in [-0.3, -0.25) is 0 Å². The quantitative estimate of drug-likeness (QED) is 0.378. The molecule has 0 atom stereocenters. The van der Waals surface area contributed by atoms with E-state index in [0.717, 1.165) is 18.1 Å². The Bertz CT molecular complexity index is 510. The van der Waals surface area contributed by atoms with Crippen molar-refractivity contribution >= 4 is 29.1 Å². The highest BCUT2D eigenvalue weighted by atomic mass is 32.2. The van der Waals surface area contributed by atoms with Crippen LogP contribution in [-0.4, -0.2) is 22.8 Å². The van der Waals surface area contributed by atoms with Crippen molar-refractivity contribution in [3.8, 4) is 0 Å². The van der Waals surface area contributed by atoms with Crippen molar-refractivity contribution in [3.05, 3.63) is 36.4 Å². The molecule has 0 aliphatic heterocycles. The van der Waals surface area contributed by atoms with Gasteiger partial charge in [0.15, 0.2) is 5.16 Å². The lowest BCUT2D eigenvalue weighted by molar-refractivity contribution is 0.909. The Morgan fingerprint density at radius 1 is 1.26 bits per heavy atom. The standard InChI is InChI=1S/C13H17N5S/c1-3-18(10-7-5-4-6-8-10)12-9-11(17-14)15-13(16-12)19-2/h4-9H,3,14H2,1-2H3,(H,15,16,17). The second kappa shape index (κ2) is 6.40. The maximum Gasteiger partial charge on any atom is 0.191 e. The second-order valence-corrected chi connectivity index (χ2v) is 4.60. The lowest BCUT2D eigenvalue weighted by Gasteiger charge is -2.22. The van der Waals surface area contributed by atoms with E-state index in [2.05, 4.69) is 39.4 Å². The van der Waals surface area contributed by atoms with Gasteiger partial charge in [-0.25, -0.2) is 15.8 Å². The van der Waals surface area contributed by atoms with Gasteiger partial charge < -0.3 is 10.3 Å². The van der Waals surface area contributed by atoms with Crippen molar-refractivity contribution in [2.24, 2.45) is 5.84 Å². The molecule has 0 spiro atoms. The topological polar surface area (TPSA) is 67.1 Å². The molecule has 1 aromatic heterocycles. The monoisotopic (exact) mass is 275 g/mol. The van der Waals surface area contributed by atoms with Gasteiger partial charge in [0, 0.05) is 18.3 Å². The van der Waals surface area contributed by atoms with Crippen LogP contribution in [0.4, 0.5) is 17.3 Å². The van der Waals surface area contributed by atoms with Gasteiger partial charge in [0.25, 0.3) is 0 Å². The summed E-state index contributed by atoms with van der Waals surface area (Å²) in [7, 11) is 0. The molecule has 0 aliphatic carbocycles. The third-order valence-corrected chi connectivity index (χ3v) is 3.23. The van der Waals surface area contributed by atoms with Gasteiger partial charge in [0.2, 0.25) is 0 Å². The third-order valence-electron chi connectivity index (χ3n) is 2.68. The Morgan fingerprint density at radius 3 is 2.58 bits per heavy atom. The molecule has 6 heteroatoms. The maximum atomic E-state index is 5.45. The summed E-state index contributed by atoms with van der Waals surface area (Å²) < 4.78 is 0. The molecule has 3 N–H and O–H groups in total. The first kappa shape index (κ1) is 13.6. The van der Waals surface area contributed by atoms with Crippen LogP contribution in [0.2, 0.25) is 0 Å². The number of nitrogens with zero attached hydrogens (tertiary/aromatic N) is 3. The van der Waals surface area contributed by atoms with E-state index in [1.165, 1.54) is 11.8 Å². The molecule has 0 unspecified atom stereocenters. The zero-order chi connectivity index (χ0) is 13.7. The van der Waals surface area contributed by atoms with Crippen molar-refractivity contribution in [3.63, 3.8) is 0 Å². The summed E-state index contributed by atoms with van der Waals surface area (Å²) in [5, 5.41) is 0.694. The van der Waals surface area contributed by atoms with Crippen LogP contribution in [0, 0.1) is 0 Å². The molecule has 5 nitrogen and oxygen atoms in total. The van der Waals surface area contributed by atoms with Gasteiger partial charge >= 0.3 is 0 Å². The molecular formula is C13H17N5S. The van der Waals surface area contributed by atoms with E-state index in [0.29, 0.717) is 11.0 Å². The number of para-hydroxylation sites is 1. The summed E-state index contributed by atoms with van der Waals surface area (Å²) in [4.78, 5) is 10.9. The van der Waals surface area contributed by atoms with Crippen LogP contribution in [0.15, 0.2) is 41.6 Å². The summed E-state index contributed by atoms with van der Waals surface area (Å²) in [5.74, 6) is 6.90. The van der Waals surface area contributed by atoms with E-state index >= 15 is 0 Å². The Morgan fingerprint density at radius 2 is 2.00 bits per heavy atom. The van der Waals surface area contributed by atoms with Gasteiger partial charge in [-0.1, -0.05) is 30.0 Å². The molecule has 0 saturated carbocycles. The van der Waals surface area contributed by atoms with Gasteiger partial charge in [-0.2, -0.15) is 0 Å². The molecule has 0 saturated heterocycles. The number of hydrogen-bond acceptors (Lipinski definition) is 6. The molecule has 1 heterocycles. The van der Waals surface area contributed by atoms with Crippen molar-refractivity contribution in [2.45, 2.75) is 12.1 Å². The summed E-state index contributed by atoms with van der Waals surface area (Å²) >= 11 is 1.49. The number of hydrazine groups is 1. The predicted octanol–water partition coefficient (Wildman–Crippen LogP) is 2.64. The minimum absolute atomic E-state index is 0.615. The van der Waals surface area contributed by atoms with Gasteiger partial charge in [-0.15, -0.1) is 0 Å². The normalized spacial score (nSPS) is 10.3. The average Bonchev–Trinajstić information content (AvgIpc) is 2.48. The average molecular weight is 275 g/mol. The van der Waals surface area contributed by atoms with Crippen LogP contribution < -0.4 is 16.2 Å². The zero-order valence-electron chi connectivity index (χ0n) is 11.0. The van der Waals surface area contributed by atoms with Crippen molar-refractivity contribution in [2.75, 3.05) is 23.1 Å². The lowest BCUT2D eigenvalue weighted by Crippen LogP contribution is -2.19. The molecule has 19 heavy (non-hydrogen) atoms. The van der Waals surface area contributed by atoms with E-state index in [9.17, 15) is 0 Å². The third kappa shape index (κ3) is 3.15. The number of nitrogen functional groups attached to an aromatic ring is 1. The summed E-state index contributed by atoms with van der Waals surface area (Å²) in [6.45, 7) is 2.91. The van der Waals surface area contributed by atoms with Crippen LogP contribution in [0.25, 0.3) is 0 Å². The Labute approximate surface area is 117 Å². The highest BCUT2D eigenvalue weighted by Crippen LogP contribution is 2.26. The molecule has 0 bridgehead atoms. The fourth-order valence-corrected chi connectivity index (χ4v) is 2.18. The van der Waals surface area contributed by atoms with E-state index in [1.807, 2.05) is 30.5 Å². The zero-order valence-corrected chi connectivity index (χ0v) is 11.8. The molecule has 0 radical (unpaired) electrons. The molecule has 0 amide bonds. The minimum atomic E-state index is 0.615. The molecule has 100 valence electrons. The Hall–Kier alpha value is -1.79. The van der Waals surface area contributed by atoms with Crippen LogP contribution in [0.3, 0.4) is 0 Å². The van der Waals surface area contributed by atoms with Crippen molar-refractivity contribution < 1.29 is 0 Å². The fourth-order valence-electron chi connectivity index (χ4n) is 1.80. The number of rotatable bonds is 5. The van der Waals surface area contributed by atoms with E-state index in [1.54, 1.807) is 0 Å². The first-order valence-electron chi connectivity index (χ1n) is 6.00. The first-order valence-corrected chi connectivity index (χ1v) is 7.23. The first-order chi connectivity index (χ1) is 9.28. The van der Waals surface area contributed by atoms with Crippen molar-refractivity contribution in [1.29, 1.82) is 0 Å². The van der Waals surface area contributed by atoms with Crippen LogP contribution >= 0.6 is 11.8 Å². The maximum absolute atomic E-state index is 5.45. The summed E-state index contributed by atoms with van der Waals surface area (Å²) in [5.41, 5.74) is 3.68. The SMILES string of the molecule is CCN(c1ccccc1)c1cc(NN)nc(SC)n1. The molecular weight excluding hydrogens is 258 g/mol. The largest absolute Gasteiger partial charge is 0.326 e. The van der Waals surface area contributed by atoms with Gasteiger partial charge in [0.05, 0.1) is 0 Å². The highest BCUT2D eigenvalue weighted by molar-refractivity contribution is 7.98. The van der Waals surface area contributed by atoms with Gasteiger partial charge in [0.1, 0.15) is 11.6 Å². The number of hydrogen-bond donors (Lipinski definition) is 2. The summed E-state index contributed by atoms with van der Waals surface area (Å²) in [6, 6.07) is 12.0. The van der Waals surface area contributed by atoms with Crippen LogP contribution in [-0.2, 0) is 0 Å². The molecule has 0 aliphatic rings. The number of nitrogens with one attached hydrogen (secondary N) is 1. The lowest BCUT2D eigenvalue weighted by atomic mass is 10.3.